The Morgan fingerprint density at radius 2 is 1.58 bits per heavy atom. The van der Waals surface area contributed by atoms with Crippen LogP contribution in [0.2, 0.25) is 0 Å². The van der Waals surface area contributed by atoms with E-state index in [0.29, 0.717) is 0 Å². The van der Waals surface area contributed by atoms with Crippen LogP contribution >= 0.6 is 0 Å². The summed E-state index contributed by atoms with van der Waals surface area (Å²) in [6.07, 6.45) is 0.758. The standard InChI is InChI=1S/C7H6F2O2S/c1-12(10,11)7-5(8)3-2-4-6(7)9/h2-4H,1H3. The molecule has 5 heteroatoms. The van der Waals surface area contributed by atoms with Gasteiger partial charge >= 0.3 is 0 Å². The second-order valence-electron chi connectivity index (χ2n) is 2.32. The van der Waals surface area contributed by atoms with E-state index in [9.17, 15) is 17.2 Å². The van der Waals surface area contributed by atoms with Crippen LogP contribution in [0.1, 0.15) is 0 Å². The van der Waals surface area contributed by atoms with E-state index in [-0.39, 0.29) is 0 Å². The third-order valence-electron chi connectivity index (χ3n) is 1.29. The number of hydrogen-bond acceptors (Lipinski definition) is 2. The average molecular weight is 192 g/mol. The highest BCUT2D eigenvalue weighted by atomic mass is 32.2. The molecule has 0 fully saturated rings. The lowest BCUT2D eigenvalue weighted by Gasteiger charge is -2.00. The summed E-state index contributed by atoms with van der Waals surface area (Å²) in [5, 5.41) is 0. The second kappa shape index (κ2) is 2.82. The van der Waals surface area contributed by atoms with E-state index < -0.39 is 26.4 Å². The molecule has 0 amide bonds. The first-order valence-corrected chi connectivity index (χ1v) is 4.96. The van der Waals surface area contributed by atoms with Crippen LogP contribution < -0.4 is 0 Å². The Morgan fingerprint density at radius 3 is 1.83 bits per heavy atom. The van der Waals surface area contributed by atoms with Crippen molar-refractivity contribution in [2.24, 2.45) is 0 Å². The molecule has 2 nitrogen and oxygen atoms in total. The van der Waals surface area contributed by atoms with Crippen LogP contribution in [-0.2, 0) is 9.84 Å². The molecule has 12 heavy (non-hydrogen) atoms. The van der Waals surface area contributed by atoms with Crippen LogP contribution in [0.5, 0.6) is 0 Å². The number of hydrogen-bond donors (Lipinski definition) is 0. The summed E-state index contributed by atoms with van der Waals surface area (Å²) < 4.78 is 47.0. The first-order chi connectivity index (χ1) is 5.43. The quantitative estimate of drug-likeness (QED) is 0.673. The summed E-state index contributed by atoms with van der Waals surface area (Å²) in [4.78, 5) is -0.870. The van der Waals surface area contributed by atoms with E-state index in [2.05, 4.69) is 0 Å². The molecule has 0 radical (unpaired) electrons. The third-order valence-corrected chi connectivity index (χ3v) is 2.42. The Balaban J connectivity index is 3.53. The maximum Gasteiger partial charge on any atom is 0.181 e. The van der Waals surface area contributed by atoms with Crippen LogP contribution in [-0.4, -0.2) is 14.7 Å². The fourth-order valence-corrected chi connectivity index (χ4v) is 1.68. The van der Waals surface area contributed by atoms with Crippen LogP contribution in [0, 0.1) is 11.6 Å². The van der Waals surface area contributed by atoms with Crippen molar-refractivity contribution >= 4 is 9.84 Å². The van der Waals surface area contributed by atoms with Crippen molar-refractivity contribution in [1.29, 1.82) is 0 Å². The van der Waals surface area contributed by atoms with E-state index in [4.69, 9.17) is 0 Å². The molecule has 0 aliphatic carbocycles. The van der Waals surface area contributed by atoms with Crippen molar-refractivity contribution in [1.82, 2.24) is 0 Å². The topological polar surface area (TPSA) is 34.1 Å². The zero-order valence-corrected chi connectivity index (χ0v) is 7.03. The zero-order chi connectivity index (χ0) is 9.35. The van der Waals surface area contributed by atoms with Gasteiger partial charge in [-0.1, -0.05) is 6.07 Å². The molecule has 0 heterocycles. The van der Waals surface area contributed by atoms with E-state index >= 15 is 0 Å². The molecule has 0 spiro atoms. The minimum absolute atomic E-state index is 0.758. The van der Waals surface area contributed by atoms with Gasteiger partial charge in [0, 0.05) is 6.26 Å². The lowest BCUT2D eigenvalue weighted by atomic mass is 10.3. The number of rotatable bonds is 1. The lowest BCUT2D eigenvalue weighted by Crippen LogP contribution is -2.03. The monoisotopic (exact) mass is 192 g/mol. The Kier molecular flexibility index (Phi) is 2.14. The summed E-state index contributed by atoms with van der Waals surface area (Å²) >= 11 is 0. The molecule has 0 aliphatic rings. The first-order valence-electron chi connectivity index (χ1n) is 3.07. The van der Waals surface area contributed by atoms with Gasteiger partial charge in [0.05, 0.1) is 0 Å². The van der Waals surface area contributed by atoms with Gasteiger partial charge in [0.2, 0.25) is 0 Å². The molecular weight excluding hydrogens is 186 g/mol. The molecule has 1 aromatic carbocycles. The lowest BCUT2D eigenvalue weighted by molar-refractivity contribution is 0.521. The van der Waals surface area contributed by atoms with E-state index in [0.717, 1.165) is 24.5 Å². The van der Waals surface area contributed by atoms with Crippen molar-refractivity contribution < 1.29 is 17.2 Å². The predicted octanol–water partition coefficient (Wildman–Crippen LogP) is 1.37. The Bertz CT molecular complexity index is 378. The van der Waals surface area contributed by atoms with Gasteiger partial charge in [-0.05, 0) is 12.1 Å². The average Bonchev–Trinajstić information content (AvgIpc) is 1.82. The molecule has 0 saturated heterocycles. The molecule has 66 valence electrons. The number of benzene rings is 1. The Labute approximate surface area is 68.8 Å². The fourth-order valence-electron chi connectivity index (χ4n) is 0.837. The van der Waals surface area contributed by atoms with Gasteiger partial charge in [0.25, 0.3) is 0 Å². The van der Waals surface area contributed by atoms with Crippen molar-refractivity contribution in [3.8, 4) is 0 Å². The SMILES string of the molecule is CS(=O)(=O)c1c(F)cccc1F. The fraction of sp³-hybridized carbons (Fsp3) is 0.143. The number of sulfone groups is 1. The molecule has 0 unspecified atom stereocenters. The minimum Gasteiger partial charge on any atom is -0.224 e. The summed E-state index contributed by atoms with van der Waals surface area (Å²) in [5.74, 6) is -2.12. The van der Waals surface area contributed by atoms with Crippen molar-refractivity contribution in [3.63, 3.8) is 0 Å². The van der Waals surface area contributed by atoms with Crippen LogP contribution in [0.4, 0.5) is 8.78 Å². The van der Waals surface area contributed by atoms with E-state index in [1.165, 1.54) is 0 Å². The summed E-state index contributed by atoms with van der Waals surface area (Å²) in [6.45, 7) is 0. The molecule has 1 aromatic rings. The summed E-state index contributed by atoms with van der Waals surface area (Å²) in [7, 11) is -3.81. The highest BCUT2D eigenvalue weighted by molar-refractivity contribution is 7.90. The van der Waals surface area contributed by atoms with Gasteiger partial charge < -0.3 is 0 Å². The number of halogens is 2. The van der Waals surface area contributed by atoms with Crippen molar-refractivity contribution in [3.05, 3.63) is 29.8 Å². The zero-order valence-electron chi connectivity index (χ0n) is 6.21. The highest BCUT2D eigenvalue weighted by Gasteiger charge is 2.18. The summed E-state index contributed by atoms with van der Waals surface area (Å²) in [6, 6.07) is 2.91. The van der Waals surface area contributed by atoms with Gasteiger partial charge in [-0.25, -0.2) is 17.2 Å². The third kappa shape index (κ3) is 1.61. The molecule has 1 rings (SSSR count). The Morgan fingerprint density at radius 1 is 1.17 bits per heavy atom. The normalized spacial score (nSPS) is 11.6. The van der Waals surface area contributed by atoms with Gasteiger partial charge in [0.1, 0.15) is 16.5 Å². The summed E-state index contributed by atoms with van der Waals surface area (Å²) in [5.41, 5.74) is 0. The van der Waals surface area contributed by atoms with Gasteiger partial charge in [0.15, 0.2) is 9.84 Å². The molecular formula is C7H6F2O2S. The largest absolute Gasteiger partial charge is 0.224 e. The second-order valence-corrected chi connectivity index (χ2v) is 4.28. The van der Waals surface area contributed by atoms with Gasteiger partial charge in [-0.15, -0.1) is 0 Å². The first kappa shape index (κ1) is 9.12. The maximum absolute atomic E-state index is 12.7. The molecule has 0 aromatic heterocycles. The van der Waals surface area contributed by atoms with Gasteiger partial charge in [-0.2, -0.15) is 0 Å². The van der Waals surface area contributed by atoms with Crippen LogP contribution in [0.3, 0.4) is 0 Å². The molecule has 0 atom stereocenters. The minimum atomic E-state index is -3.81. The predicted molar refractivity (Wildman–Crippen MR) is 39.5 cm³/mol. The Hall–Kier alpha value is -0.970. The molecule has 0 aliphatic heterocycles. The maximum atomic E-state index is 12.7. The van der Waals surface area contributed by atoms with E-state index in [1.54, 1.807) is 0 Å². The molecule has 0 N–H and O–H groups in total. The smallest absolute Gasteiger partial charge is 0.181 e. The van der Waals surface area contributed by atoms with Crippen LogP contribution in [0.15, 0.2) is 23.1 Å². The molecule has 0 saturated carbocycles. The van der Waals surface area contributed by atoms with Crippen molar-refractivity contribution in [2.45, 2.75) is 4.90 Å². The van der Waals surface area contributed by atoms with Crippen LogP contribution in [0.25, 0.3) is 0 Å². The van der Waals surface area contributed by atoms with E-state index in [1.807, 2.05) is 0 Å². The highest BCUT2D eigenvalue weighted by Crippen LogP contribution is 2.17. The van der Waals surface area contributed by atoms with Crippen molar-refractivity contribution in [2.75, 3.05) is 6.26 Å². The molecule has 0 bridgehead atoms. The van der Waals surface area contributed by atoms with Gasteiger partial charge in [-0.3, -0.25) is 0 Å².